The molecule has 2 aliphatic heterocycles. The zero-order valence-electron chi connectivity index (χ0n) is 11.5. The molecular formula is C13H18N2O4S. The van der Waals surface area contributed by atoms with Gasteiger partial charge in [0.05, 0.1) is 4.90 Å². The predicted octanol–water partition coefficient (Wildman–Crippen LogP) is 0.786. The smallest absolute Gasteiger partial charge is 0.243 e. The number of nitrogens with one attached hydrogen (secondary N) is 1. The first-order chi connectivity index (χ1) is 9.50. The van der Waals surface area contributed by atoms with Crippen LogP contribution < -0.4 is 14.8 Å². The topological polar surface area (TPSA) is 67.9 Å². The van der Waals surface area contributed by atoms with Crippen molar-refractivity contribution in [3.63, 3.8) is 0 Å². The Morgan fingerprint density at radius 1 is 1.25 bits per heavy atom. The van der Waals surface area contributed by atoms with Gasteiger partial charge in [0.2, 0.25) is 16.8 Å². The van der Waals surface area contributed by atoms with Crippen LogP contribution in [-0.4, -0.2) is 44.7 Å². The molecule has 2 atom stereocenters. The first-order valence-electron chi connectivity index (χ1n) is 6.65. The summed E-state index contributed by atoms with van der Waals surface area (Å²) in [5, 5.41) is 3.28. The fourth-order valence-electron chi connectivity index (χ4n) is 2.54. The Morgan fingerprint density at radius 3 is 2.80 bits per heavy atom. The summed E-state index contributed by atoms with van der Waals surface area (Å²) in [4.78, 5) is 0.253. The standard InChI is InChI=1S/C13H18N2O4S/c1-9-10(2)15(6-5-14-9)20(16,17)11-3-4-12-13(7-11)19-8-18-12/h3-4,7,9-10,14H,5-6,8H2,1-2H3. The van der Waals surface area contributed by atoms with Crippen LogP contribution in [0.25, 0.3) is 0 Å². The molecule has 0 bridgehead atoms. The highest BCUT2D eigenvalue weighted by atomic mass is 32.2. The second-order valence-electron chi connectivity index (χ2n) is 5.11. The predicted molar refractivity (Wildman–Crippen MR) is 73.4 cm³/mol. The lowest BCUT2D eigenvalue weighted by molar-refractivity contribution is 0.174. The molecule has 1 aromatic rings. The third-order valence-corrected chi connectivity index (χ3v) is 5.91. The molecule has 0 aromatic heterocycles. The Kier molecular flexibility index (Phi) is 3.35. The van der Waals surface area contributed by atoms with Gasteiger partial charge in [-0.25, -0.2) is 8.42 Å². The molecule has 0 amide bonds. The summed E-state index contributed by atoms with van der Waals surface area (Å²) in [7, 11) is -3.51. The van der Waals surface area contributed by atoms with Gasteiger partial charge in [0.25, 0.3) is 0 Å². The van der Waals surface area contributed by atoms with Crippen LogP contribution in [0.2, 0.25) is 0 Å². The molecule has 1 fully saturated rings. The van der Waals surface area contributed by atoms with E-state index in [1.807, 2.05) is 13.8 Å². The van der Waals surface area contributed by atoms with Crippen LogP contribution in [0.5, 0.6) is 11.5 Å². The zero-order chi connectivity index (χ0) is 14.3. The van der Waals surface area contributed by atoms with E-state index in [0.29, 0.717) is 24.6 Å². The van der Waals surface area contributed by atoms with E-state index >= 15 is 0 Å². The van der Waals surface area contributed by atoms with Gasteiger partial charge in [-0.2, -0.15) is 4.31 Å². The van der Waals surface area contributed by atoms with E-state index in [-0.39, 0.29) is 23.8 Å². The first-order valence-corrected chi connectivity index (χ1v) is 8.09. The zero-order valence-corrected chi connectivity index (χ0v) is 12.3. The van der Waals surface area contributed by atoms with Crippen molar-refractivity contribution in [1.29, 1.82) is 0 Å². The maximum Gasteiger partial charge on any atom is 0.243 e. The van der Waals surface area contributed by atoms with Crippen LogP contribution in [0.15, 0.2) is 23.1 Å². The Labute approximate surface area is 118 Å². The number of hydrogen-bond donors (Lipinski definition) is 1. The molecule has 3 rings (SSSR count). The van der Waals surface area contributed by atoms with Gasteiger partial charge in [0.15, 0.2) is 11.5 Å². The molecule has 0 aliphatic carbocycles. The number of fused-ring (bicyclic) bond motifs is 1. The number of rotatable bonds is 2. The number of nitrogens with zero attached hydrogens (tertiary/aromatic N) is 1. The van der Waals surface area contributed by atoms with E-state index in [9.17, 15) is 8.42 Å². The van der Waals surface area contributed by atoms with Gasteiger partial charge in [-0.1, -0.05) is 0 Å². The summed E-state index contributed by atoms with van der Waals surface area (Å²) in [5.74, 6) is 1.08. The maximum absolute atomic E-state index is 12.7. The Balaban J connectivity index is 1.95. The van der Waals surface area contributed by atoms with Gasteiger partial charge in [-0.3, -0.25) is 0 Å². The molecule has 6 nitrogen and oxygen atoms in total. The summed E-state index contributed by atoms with van der Waals surface area (Å²) in [6, 6.07) is 4.80. The lowest BCUT2D eigenvalue weighted by Crippen LogP contribution is -2.57. The van der Waals surface area contributed by atoms with E-state index in [4.69, 9.17) is 9.47 Å². The van der Waals surface area contributed by atoms with Crippen molar-refractivity contribution in [1.82, 2.24) is 9.62 Å². The molecule has 1 aromatic carbocycles. The van der Waals surface area contributed by atoms with Gasteiger partial charge >= 0.3 is 0 Å². The monoisotopic (exact) mass is 298 g/mol. The fraction of sp³-hybridized carbons (Fsp3) is 0.538. The molecule has 2 aliphatic rings. The minimum atomic E-state index is -3.51. The minimum Gasteiger partial charge on any atom is -0.454 e. The molecule has 1 N–H and O–H groups in total. The third kappa shape index (κ3) is 2.15. The van der Waals surface area contributed by atoms with Crippen molar-refractivity contribution in [2.75, 3.05) is 19.9 Å². The summed E-state index contributed by atoms with van der Waals surface area (Å²) in [5.41, 5.74) is 0. The number of benzene rings is 1. The van der Waals surface area contributed by atoms with Crippen LogP contribution in [0, 0.1) is 0 Å². The number of hydrogen-bond acceptors (Lipinski definition) is 5. The third-order valence-electron chi connectivity index (χ3n) is 3.93. The lowest BCUT2D eigenvalue weighted by atomic mass is 10.1. The van der Waals surface area contributed by atoms with Gasteiger partial charge in [-0.05, 0) is 26.0 Å². The molecule has 1 saturated heterocycles. The molecule has 2 heterocycles. The van der Waals surface area contributed by atoms with Crippen molar-refractivity contribution in [2.24, 2.45) is 0 Å². The van der Waals surface area contributed by atoms with Crippen LogP contribution in [0.3, 0.4) is 0 Å². The Bertz CT molecular complexity index is 617. The SMILES string of the molecule is CC1NCCN(S(=O)(=O)c2ccc3c(c2)OCO3)C1C. The molecule has 2 unspecified atom stereocenters. The number of ether oxygens (including phenoxy) is 2. The molecule has 0 spiro atoms. The van der Waals surface area contributed by atoms with Crippen LogP contribution in [0.1, 0.15) is 13.8 Å². The summed E-state index contributed by atoms with van der Waals surface area (Å²) in [6.07, 6.45) is 0. The van der Waals surface area contributed by atoms with Crippen molar-refractivity contribution in [2.45, 2.75) is 30.8 Å². The van der Waals surface area contributed by atoms with Crippen molar-refractivity contribution < 1.29 is 17.9 Å². The highest BCUT2D eigenvalue weighted by molar-refractivity contribution is 7.89. The van der Waals surface area contributed by atoms with Gasteiger partial charge in [0, 0.05) is 31.2 Å². The molecule has 0 radical (unpaired) electrons. The second kappa shape index (κ2) is 4.91. The molecule has 20 heavy (non-hydrogen) atoms. The van der Waals surface area contributed by atoms with Crippen LogP contribution in [0.4, 0.5) is 0 Å². The second-order valence-corrected chi connectivity index (χ2v) is 7.00. The average molecular weight is 298 g/mol. The van der Waals surface area contributed by atoms with Gasteiger partial charge in [0.1, 0.15) is 0 Å². The van der Waals surface area contributed by atoms with Crippen molar-refractivity contribution >= 4 is 10.0 Å². The highest BCUT2D eigenvalue weighted by Crippen LogP contribution is 2.35. The Morgan fingerprint density at radius 2 is 2.00 bits per heavy atom. The molecular weight excluding hydrogens is 280 g/mol. The molecule has 0 saturated carbocycles. The number of sulfonamides is 1. The largest absolute Gasteiger partial charge is 0.454 e. The lowest BCUT2D eigenvalue weighted by Gasteiger charge is -2.37. The van der Waals surface area contributed by atoms with E-state index < -0.39 is 10.0 Å². The van der Waals surface area contributed by atoms with Gasteiger partial charge < -0.3 is 14.8 Å². The van der Waals surface area contributed by atoms with E-state index in [0.717, 1.165) is 0 Å². The van der Waals surface area contributed by atoms with E-state index in [2.05, 4.69) is 5.32 Å². The first kappa shape index (κ1) is 13.7. The minimum absolute atomic E-state index is 0.0841. The molecule has 110 valence electrons. The summed E-state index contributed by atoms with van der Waals surface area (Å²) in [6.45, 7) is 5.19. The van der Waals surface area contributed by atoms with E-state index in [1.165, 1.54) is 6.07 Å². The maximum atomic E-state index is 12.7. The van der Waals surface area contributed by atoms with E-state index in [1.54, 1.807) is 16.4 Å². The number of piperazine rings is 1. The van der Waals surface area contributed by atoms with Gasteiger partial charge in [-0.15, -0.1) is 0 Å². The Hall–Kier alpha value is -1.31. The van der Waals surface area contributed by atoms with Crippen LogP contribution in [-0.2, 0) is 10.0 Å². The average Bonchev–Trinajstić information content (AvgIpc) is 2.89. The summed E-state index contributed by atoms with van der Waals surface area (Å²) < 4.78 is 37.5. The summed E-state index contributed by atoms with van der Waals surface area (Å²) >= 11 is 0. The van der Waals surface area contributed by atoms with Crippen molar-refractivity contribution in [3.05, 3.63) is 18.2 Å². The molecule has 7 heteroatoms. The quantitative estimate of drug-likeness (QED) is 0.874. The van der Waals surface area contributed by atoms with Crippen molar-refractivity contribution in [3.8, 4) is 11.5 Å². The highest BCUT2D eigenvalue weighted by Gasteiger charge is 2.35. The normalized spacial score (nSPS) is 26.7. The fourth-order valence-corrected chi connectivity index (χ4v) is 4.26. The van der Waals surface area contributed by atoms with Crippen LogP contribution >= 0.6 is 0 Å².